The van der Waals surface area contributed by atoms with Crippen molar-refractivity contribution in [1.82, 2.24) is 4.90 Å². The first kappa shape index (κ1) is 12.0. The van der Waals surface area contributed by atoms with Gasteiger partial charge in [-0.15, -0.1) is 0 Å². The molecule has 2 rings (SSSR count). The highest BCUT2D eigenvalue weighted by Gasteiger charge is 2.39. The second-order valence-corrected chi connectivity index (χ2v) is 4.76. The van der Waals surface area contributed by atoms with Gasteiger partial charge in [0.25, 0.3) is 0 Å². The van der Waals surface area contributed by atoms with Crippen LogP contribution >= 0.6 is 0 Å². The van der Waals surface area contributed by atoms with Crippen LogP contribution in [0.25, 0.3) is 0 Å². The molecule has 2 atom stereocenters. The maximum absolute atomic E-state index is 12.9. The van der Waals surface area contributed by atoms with Gasteiger partial charge >= 0.3 is 0 Å². The lowest BCUT2D eigenvalue weighted by Gasteiger charge is -2.30. The van der Waals surface area contributed by atoms with Crippen molar-refractivity contribution in [2.24, 2.45) is 5.73 Å². The van der Waals surface area contributed by atoms with Crippen LogP contribution in [0.15, 0.2) is 24.3 Å². The van der Waals surface area contributed by atoms with Gasteiger partial charge in [0.15, 0.2) is 0 Å². The van der Waals surface area contributed by atoms with Crippen molar-refractivity contribution in [3.8, 4) is 0 Å². The maximum atomic E-state index is 12.9. The standard InChI is InChI=1S/C13H17FN2O/c1-8(2)16-12(17)7-11(15)13(16)9-3-5-10(14)6-4-9/h3-6,8,11,13H,7,15H2,1-2H3/t11-,13+/m0/s1. The maximum Gasteiger partial charge on any atom is 0.225 e. The second kappa shape index (κ2) is 4.45. The fourth-order valence-electron chi connectivity index (χ4n) is 2.46. The lowest BCUT2D eigenvalue weighted by Crippen LogP contribution is -2.37. The molecular formula is C13H17FN2O. The van der Waals surface area contributed by atoms with Crippen molar-refractivity contribution in [2.45, 2.75) is 38.4 Å². The Hall–Kier alpha value is -1.42. The molecule has 1 fully saturated rings. The van der Waals surface area contributed by atoms with Gasteiger partial charge in [-0.25, -0.2) is 4.39 Å². The molecule has 1 saturated heterocycles. The van der Waals surface area contributed by atoms with Gasteiger partial charge in [0.05, 0.1) is 6.04 Å². The lowest BCUT2D eigenvalue weighted by atomic mass is 10.00. The zero-order valence-corrected chi connectivity index (χ0v) is 10.1. The molecule has 0 spiro atoms. The summed E-state index contributed by atoms with van der Waals surface area (Å²) in [6.45, 7) is 3.93. The van der Waals surface area contributed by atoms with Crippen LogP contribution in [0.3, 0.4) is 0 Å². The van der Waals surface area contributed by atoms with Crippen molar-refractivity contribution in [1.29, 1.82) is 0 Å². The summed E-state index contributed by atoms with van der Waals surface area (Å²) in [5.74, 6) is -0.204. The van der Waals surface area contributed by atoms with Crippen LogP contribution in [0.2, 0.25) is 0 Å². The van der Waals surface area contributed by atoms with Gasteiger partial charge in [-0.1, -0.05) is 12.1 Å². The molecule has 92 valence electrons. The topological polar surface area (TPSA) is 46.3 Å². The molecule has 2 N–H and O–H groups in total. The minimum absolute atomic E-state index is 0.0711. The van der Waals surface area contributed by atoms with E-state index >= 15 is 0 Å². The molecule has 1 aliphatic rings. The Morgan fingerprint density at radius 2 is 1.94 bits per heavy atom. The molecular weight excluding hydrogens is 219 g/mol. The summed E-state index contributed by atoms with van der Waals surface area (Å²) in [6.07, 6.45) is 0.361. The van der Waals surface area contributed by atoms with E-state index in [0.717, 1.165) is 5.56 Å². The molecule has 0 aromatic heterocycles. The predicted molar refractivity (Wildman–Crippen MR) is 63.7 cm³/mol. The average Bonchev–Trinajstić information content (AvgIpc) is 2.55. The fourth-order valence-corrected chi connectivity index (χ4v) is 2.46. The summed E-state index contributed by atoms with van der Waals surface area (Å²) in [5, 5.41) is 0. The third-order valence-electron chi connectivity index (χ3n) is 3.17. The van der Waals surface area contributed by atoms with Gasteiger partial charge in [0, 0.05) is 18.5 Å². The Morgan fingerprint density at radius 1 is 1.35 bits per heavy atom. The van der Waals surface area contributed by atoms with E-state index in [0.29, 0.717) is 6.42 Å². The summed E-state index contributed by atoms with van der Waals surface area (Å²) < 4.78 is 12.9. The minimum Gasteiger partial charge on any atom is -0.332 e. The first-order valence-electron chi connectivity index (χ1n) is 5.83. The van der Waals surface area contributed by atoms with Crippen molar-refractivity contribution in [2.75, 3.05) is 0 Å². The normalized spacial score (nSPS) is 24.8. The zero-order valence-electron chi connectivity index (χ0n) is 10.1. The van der Waals surface area contributed by atoms with Gasteiger partial charge in [-0.3, -0.25) is 4.79 Å². The molecule has 17 heavy (non-hydrogen) atoms. The summed E-state index contributed by atoms with van der Waals surface area (Å²) in [4.78, 5) is 13.6. The average molecular weight is 236 g/mol. The molecule has 1 aliphatic heterocycles. The second-order valence-electron chi connectivity index (χ2n) is 4.76. The molecule has 1 aromatic carbocycles. The van der Waals surface area contributed by atoms with Crippen LogP contribution in [0.1, 0.15) is 31.9 Å². The van der Waals surface area contributed by atoms with Gasteiger partial charge in [-0.05, 0) is 31.5 Å². The number of likely N-dealkylation sites (tertiary alicyclic amines) is 1. The van der Waals surface area contributed by atoms with E-state index in [-0.39, 0.29) is 29.8 Å². The van der Waals surface area contributed by atoms with Crippen LogP contribution in [-0.2, 0) is 4.79 Å². The van der Waals surface area contributed by atoms with Crippen LogP contribution in [0, 0.1) is 5.82 Å². The van der Waals surface area contributed by atoms with Crippen molar-refractivity contribution >= 4 is 5.91 Å². The Labute approximate surface area is 100 Å². The third kappa shape index (κ3) is 2.17. The Balaban J connectivity index is 2.34. The van der Waals surface area contributed by atoms with E-state index < -0.39 is 0 Å². The predicted octanol–water partition coefficient (Wildman–Crippen LogP) is 1.83. The van der Waals surface area contributed by atoms with E-state index in [9.17, 15) is 9.18 Å². The van der Waals surface area contributed by atoms with Crippen molar-refractivity contribution < 1.29 is 9.18 Å². The minimum atomic E-state index is -0.275. The van der Waals surface area contributed by atoms with E-state index in [1.807, 2.05) is 13.8 Å². The molecule has 0 unspecified atom stereocenters. The molecule has 3 nitrogen and oxygen atoms in total. The van der Waals surface area contributed by atoms with Gasteiger partial charge in [-0.2, -0.15) is 0 Å². The van der Waals surface area contributed by atoms with E-state index in [1.54, 1.807) is 17.0 Å². The molecule has 1 amide bonds. The lowest BCUT2D eigenvalue weighted by molar-refractivity contribution is -0.130. The highest BCUT2D eigenvalue weighted by Crippen LogP contribution is 2.33. The van der Waals surface area contributed by atoms with Crippen LogP contribution in [0.5, 0.6) is 0 Å². The van der Waals surface area contributed by atoms with E-state index in [2.05, 4.69) is 0 Å². The molecule has 0 radical (unpaired) electrons. The number of nitrogens with two attached hydrogens (primary N) is 1. The number of amides is 1. The quantitative estimate of drug-likeness (QED) is 0.851. The molecule has 1 aromatic rings. The van der Waals surface area contributed by atoms with Crippen molar-refractivity contribution in [3.05, 3.63) is 35.6 Å². The molecule has 0 aliphatic carbocycles. The number of benzene rings is 1. The fraction of sp³-hybridized carbons (Fsp3) is 0.462. The number of hydrogen-bond donors (Lipinski definition) is 1. The molecule has 4 heteroatoms. The van der Waals surface area contributed by atoms with E-state index in [4.69, 9.17) is 5.73 Å². The number of nitrogens with zero attached hydrogens (tertiary/aromatic N) is 1. The molecule has 1 heterocycles. The van der Waals surface area contributed by atoms with Gasteiger partial charge in [0.1, 0.15) is 5.82 Å². The molecule has 0 bridgehead atoms. The SMILES string of the molecule is CC(C)N1C(=O)C[C@H](N)[C@H]1c1ccc(F)cc1. The van der Waals surface area contributed by atoms with Crippen molar-refractivity contribution in [3.63, 3.8) is 0 Å². The first-order chi connectivity index (χ1) is 8.00. The molecule has 0 saturated carbocycles. The monoisotopic (exact) mass is 236 g/mol. The summed E-state index contributed by atoms with van der Waals surface area (Å²) >= 11 is 0. The van der Waals surface area contributed by atoms with Crippen LogP contribution in [-0.4, -0.2) is 22.9 Å². The summed E-state index contributed by atoms with van der Waals surface area (Å²) in [7, 11) is 0. The number of hydrogen-bond acceptors (Lipinski definition) is 2. The highest BCUT2D eigenvalue weighted by molar-refractivity contribution is 5.80. The number of carbonyl (C=O) groups excluding carboxylic acids is 1. The largest absolute Gasteiger partial charge is 0.332 e. The smallest absolute Gasteiger partial charge is 0.225 e. The number of rotatable bonds is 2. The summed E-state index contributed by atoms with van der Waals surface area (Å²) in [5.41, 5.74) is 6.91. The van der Waals surface area contributed by atoms with Crippen LogP contribution in [0.4, 0.5) is 4.39 Å². The first-order valence-corrected chi connectivity index (χ1v) is 5.83. The van der Waals surface area contributed by atoms with Gasteiger partial charge in [0.2, 0.25) is 5.91 Å². The number of carbonyl (C=O) groups is 1. The Morgan fingerprint density at radius 3 is 2.47 bits per heavy atom. The Bertz CT molecular complexity index is 416. The van der Waals surface area contributed by atoms with Gasteiger partial charge < -0.3 is 10.6 Å². The highest BCUT2D eigenvalue weighted by atomic mass is 19.1. The Kier molecular flexibility index (Phi) is 3.15. The third-order valence-corrected chi connectivity index (χ3v) is 3.17. The zero-order chi connectivity index (χ0) is 12.6. The summed E-state index contributed by atoms with van der Waals surface area (Å²) in [6, 6.07) is 5.97. The van der Waals surface area contributed by atoms with Crippen LogP contribution < -0.4 is 5.73 Å². The number of halogens is 1. The van der Waals surface area contributed by atoms with E-state index in [1.165, 1.54) is 12.1 Å².